The lowest BCUT2D eigenvalue weighted by molar-refractivity contribution is -0.139. The molecule has 8 heteroatoms. The van der Waals surface area contributed by atoms with Crippen LogP contribution < -0.4 is 0 Å². The molecule has 0 saturated heterocycles. The molecule has 0 unspecified atom stereocenters. The Morgan fingerprint density at radius 2 is 0.706 bits per heavy atom. The molecule has 0 bridgehead atoms. The SMILES string of the molecule is C=C(C)C(=O)O.C=C(C)C(=O)O.C=C(C)C(=O)OCCCCCCCCCCOC(=O)C(=C)C. The van der Waals surface area contributed by atoms with Gasteiger partial charge in [0.1, 0.15) is 0 Å². The number of hydrogen-bond donors (Lipinski definition) is 2. The second-order valence-electron chi connectivity index (χ2n) is 7.83. The van der Waals surface area contributed by atoms with Crippen molar-refractivity contribution in [3.05, 3.63) is 48.6 Å². The molecule has 0 rings (SSSR count). The van der Waals surface area contributed by atoms with E-state index < -0.39 is 11.9 Å². The number of carbonyl (C=O) groups excluding carboxylic acids is 2. The van der Waals surface area contributed by atoms with Crippen molar-refractivity contribution in [3.8, 4) is 0 Å². The van der Waals surface area contributed by atoms with E-state index in [4.69, 9.17) is 19.7 Å². The van der Waals surface area contributed by atoms with Gasteiger partial charge in [0.2, 0.25) is 0 Å². The summed E-state index contributed by atoms with van der Waals surface area (Å²) in [6, 6.07) is 0. The number of ether oxygens (including phenoxy) is 2. The topological polar surface area (TPSA) is 127 Å². The molecule has 8 nitrogen and oxygen atoms in total. The molecule has 194 valence electrons. The van der Waals surface area contributed by atoms with Crippen LogP contribution in [0, 0.1) is 0 Å². The number of esters is 2. The molecule has 0 aliphatic carbocycles. The minimum absolute atomic E-state index is 0.176. The van der Waals surface area contributed by atoms with Crippen LogP contribution >= 0.6 is 0 Å². The van der Waals surface area contributed by atoms with Crippen molar-refractivity contribution < 1.29 is 38.9 Å². The molecule has 34 heavy (non-hydrogen) atoms. The van der Waals surface area contributed by atoms with Crippen LogP contribution in [0.3, 0.4) is 0 Å². The zero-order valence-corrected chi connectivity index (χ0v) is 21.2. The summed E-state index contributed by atoms with van der Waals surface area (Å²) in [5.41, 5.74) is 1.26. The van der Waals surface area contributed by atoms with Crippen molar-refractivity contribution in [1.82, 2.24) is 0 Å². The predicted molar refractivity (Wildman–Crippen MR) is 133 cm³/mol. The summed E-state index contributed by atoms with van der Waals surface area (Å²) < 4.78 is 10.1. The molecule has 0 heterocycles. The van der Waals surface area contributed by atoms with Gasteiger partial charge < -0.3 is 19.7 Å². The first kappa shape index (κ1) is 35.4. The molecular formula is C26H42O8. The molecule has 0 atom stereocenters. The maximum atomic E-state index is 11.1. The number of unbranched alkanes of at least 4 members (excludes halogenated alkanes) is 7. The number of rotatable bonds is 15. The lowest BCUT2D eigenvalue weighted by Crippen LogP contribution is -2.06. The van der Waals surface area contributed by atoms with Crippen molar-refractivity contribution in [2.75, 3.05) is 13.2 Å². The summed E-state index contributed by atoms with van der Waals surface area (Å²) in [4.78, 5) is 41.4. The van der Waals surface area contributed by atoms with Gasteiger partial charge in [0, 0.05) is 22.3 Å². The van der Waals surface area contributed by atoms with Crippen LogP contribution in [-0.2, 0) is 28.7 Å². The van der Waals surface area contributed by atoms with Gasteiger partial charge in [-0.15, -0.1) is 0 Å². The lowest BCUT2D eigenvalue weighted by atomic mass is 10.1. The van der Waals surface area contributed by atoms with E-state index in [9.17, 15) is 19.2 Å². The Morgan fingerprint density at radius 3 is 0.882 bits per heavy atom. The third-order valence-electron chi connectivity index (χ3n) is 3.93. The minimum atomic E-state index is -0.935. The number of carbonyl (C=O) groups is 4. The van der Waals surface area contributed by atoms with Crippen molar-refractivity contribution >= 4 is 23.9 Å². The summed E-state index contributed by atoms with van der Waals surface area (Å²) in [7, 11) is 0. The molecular weight excluding hydrogens is 440 g/mol. The van der Waals surface area contributed by atoms with Crippen molar-refractivity contribution in [3.63, 3.8) is 0 Å². The quantitative estimate of drug-likeness (QED) is 0.174. The van der Waals surface area contributed by atoms with E-state index in [1.54, 1.807) is 13.8 Å². The average Bonchev–Trinajstić information content (AvgIpc) is 2.74. The second kappa shape index (κ2) is 23.0. The van der Waals surface area contributed by atoms with E-state index in [0.717, 1.165) is 38.5 Å². The van der Waals surface area contributed by atoms with Crippen molar-refractivity contribution in [2.45, 2.75) is 79.1 Å². The van der Waals surface area contributed by atoms with E-state index in [2.05, 4.69) is 26.3 Å². The van der Waals surface area contributed by atoms with Crippen LogP contribution in [0.5, 0.6) is 0 Å². The first-order valence-electron chi connectivity index (χ1n) is 11.2. The Balaban J connectivity index is -0.000000653. The molecule has 0 spiro atoms. The normalized spacial score (nSPS) is 9.18. The molecule has 0 aromatic heterocycles. The van der Waals surface area contributed by atoms with Gasteiger partial charge in [-0.2, -0.15) is 0 Å². The van der Waals surface area contributed by atoms with Gasteiger partial charge in [-0.3, -0.25) is 0 Å². The smallest absolute Gasteiger partial charge is 0.333 e. The summed E-state index contributed by atoms with van der Waals surface area (Å²) in [5.74, 6) is -2.47. The largest absolute Gasteiger partial charge is 0.478 e. The van der Waals surface area contributed by atoms with Crippen LogP contribution in [-0.4, -0.2) is 47.3 Å². The zero-order valence-electron chi connectivity index (χ0n) is 21.2. The predicted octanol–water partition coefficient (Wildman–Crippen LogP) is 5.64. The first-order chi connectivity index (χ1) is 15.7. The number of hydrogen-bond acceptors (Lipinski definition) is 6. The van der Waals surface area contributed by atoms with E-state index in [1.807, 2.05) is 0 Å². The first-order valence-corrected chi connectivity index (χ1v) is 11.2. The number of aliphatic carboxylic acids is 2. The maximum Gasteiger partial charge on any atom is 0.333 e. The molecule has 0 radical (unpaired) electrons. The van der Waals surface area contributed by atoms with E-state index >= 15 is 0 Å². The monoisotopic (exact) mass is 482 g/mol. The van der Waals surface area contributed by atoms with Gasteiger partial charge in [-0.1, -0.05) is 64.8 Å². The molecule has 0 aromatic carbocycles. The molecule has 0 amide bonds. The standard InChI is InChI=1S/C18H30O4.2C4H6O2/c1-15(2)17(19)21-13-11-9-7-5-6-8-10-12-14-22-18(20)16(3)4;2*1-3(2)4(5)6/h1,3,5-14H2,2,4H3;2*1H2,2H3,(H,5,6). The summed E-state index contributed by atoms with van der Waals surface area (Å²) in [6.07, 6.45) is 8.70. The van der Waals surface area contributed by atoms with Gasteiger partial charge in [0.05, 0.1) is 13.2 Å². The van der Waals surface area contributed by atoms with E-state index in [0.29, 0.717) is 24.4 Å². The highest BCUT2D eigenvalue weighted by molar-refractivity contribution is 5.87. The van der Waals surface area contributed by atoms with Crippen molar-refractivity contribution in [2.24, 2.45) is 0 Å². The molecule has 0 aromatic rings. The van der Waals surface area contributed by atoms with Gasteiger partial charge >= 0.3 is 23.9 Å². The van der Waals surface area contributed by atoms with Crippen molar-refractivity contribution in [1.29, 1.82) is 0 Å². The third kappa shape index (κ3) is 28.8. The Labute approximate surface area is 204 Å². The van der Waals surface area contributed by atoms with Gasteiger partial charge in [-0.05, 0) is 40.5 Å². The van der Waals surface area contributed by atoms with E-state index in [-0.39, 0.29) is 23.1 Å². The summed E-state index contributed by atoms with van der Waals surface area (Å²) >= 11 is 0. The Kier molecular flexibility index (Phi) is 24.0. The molecule has 0 saturated carbocycles. The highest BCUT2D eigenvalue weighted by atomic mass is 16.5. The van der Waals surface area contributed by atoms with Gasteiger partial charge in [-0.25, -0.2) is 19.2 Å². The summed E-state index contributed by atoms with van der Waals surface area (Å²) in [6.45, 7) is 20.6. The lowest BCUT2D eigenvalue weighted by Gasteiger charge is -2.05. The minimum Gasteiger partial charge on any atom is -0.478 e. The van der Waals surface area contributed by atoms with Crippen LogP contribution in [0.1, 0.15) is 79.1 Å². The fourth-order valence-electron chi connectivity index (χ4n) is 1.84. The molecule has 0 fully saturated rings. The molecule has 2 N–H and O–H groups in total. The fraction of sp³-hybridized carbons (Fsp3) is 0.538. The third-order valence-corrected chi connectivity index (χ3v) is 3.93. The molecule has 0 aliphatic rings. The van der Waals surface area contributed by atoms with Crippen LogP contribution in [0.2, 0.25) is 0 Å². The van der Waals surface area contributed by atoms with E-state index in [1.165, 1.54) is 26.7 Å². The van der Waals surface area contributed by atoms with Crippen LogP contribution in [0.4, 0.5) is 0 Å². The Morgan fingerprint density at radius 1 is 0.500 bits per heavy atom. The highest BCUT2D eigenvalue weighted by Gasteiger charge is 2.03. The fourth-order valence-corrected chi connectivity index (χ4v) is 1.84. The highest BCUT2D eigenvalue weighted by Crippen LogP contribution is 2.09. The summed E-state index contributed by atoms with van der Waals surface area (Å²) in [5, 5.41) is 15.8. The van der Waals surface area contributed by atoms with Gasteiger partial charge in [0.25, 0.3) is 0 Å². The zero-order chi connectivity index (χ0) is 27.1. The van der Waals surface area contributed by atoms with Gasteiger partial charge in [0.15, 0.2) is 0 Å². The number of carboxylic acids is 2. The number of carboxylic acid groups (broad SMARTS) is 2. The molecule has 0 aliphatic heterocycles. The van der Waals surface area contributed by atoms with Crippen LogP contribution in [0.25, 0.3) is 0 Å². The van der Waals surface area contributed by atoms with Crippen LogP contribution in [0.15, 0.2) is 48.6 Å². The second-order valence-corrected chi connectivity index (χ2v) is 7.83. The Hall–Kier alpha value is -3.16. The average molecular weight is 483 g/mol. The maximum absolute atomic E-state index is 11.1. The Bertz CT molecular complexity index is 620.